The van der Waals surface area contributed by atoms with Crippen molar-refractivity contribution in [1.29, 1.82) is 0 Å². The number of nitrogen functional groups attached to an aromatic ring is 1. The number of hydrogen-bond donors (Lipinski definition) is 2. The summed E-state index contributed by atoms with van der Waals surface area (Å²) < 4.78 is 0. The lowest BCUT2D eigenvalue weighted by Crippen LogP contribution is -1.95. The lowest BCUT2D eigenvalue weighted by Gasteiger charge is -2.01. The molecule has 0 saturated carbocycles. The van der Waals surface area contributed by atoms with E-state index in [9.17, 15) is 0 Å². The minimum atomic E-state index is -0.0929. The maximum Gasteiger partial charge on any atom is 0.176 e. The van der Waals surface area contributed by atoms with Gasteiger partial charge in [0.15, 0.2) is 17.4 Å². The second kappa shape index (κ2) is 3.33. The first-order valence-corrected chi connectivity index (χ1v) is 4.14. The standard InChI is InChI=1S/C10H9N3O/c11-9-8(14)6-12-10(13-9)7-4-2-1-3-5-7/h1-6,14H,(H2,11,12,13). The Morgan fingerprint density at radius 1 is 1.14 bits per heavy atom. The van der Waals surface area contributed by atoms with Crippen molar-refractivity contribution in [2.75, 3.05) is 5.73 Å². The summed E-state index contributed by atoms with van der Waals surface area (Å²) in [4.78, 5) is 7.93. The van der Waals surface area contributed by atoms with Crippen LogP contribution in [0.15, 0.2) is 36.5 Å². The number of aromatic nitrogens is 2. The summed E-state index contributed by atoms with van der Waals surface area (Å²) >= 11 is 0. The highest BCUT2D eigenvalue weighted by Gasteiger charge is 2.03. The van der Waals surface area contributed by atoms with Crippen LogP contribution >= 0.6 is 0 Å². The van der Waals surface area contributed by atoms with Crippen molar-refractivity contribution in [3.05, 3.63) is 36.5 Å². The molecule has 0 aliphatic heterocycles. The topological polar surface area (TPSA) is 72.0 Å². The zero-order chi connectivity index (χ0) is 9.97. The van der Waals surface area contributed by atoms with Crippen LogP contribution in [0.5, 0.6) is 5.75 Å². The van der Waals surface area contributed by atoms with E-state index in [-0.39, 0.29) is 11.6 Å². The highest BCUT2D eigenvalue weighted by molar-refractivity contribution is 5.58. The third-order valence-electron chi connectivity index (χ3n) is 1.83. The molecule has 0 aliphatic carbocycles. The van der Waals surface area contributed by atoms with Gasteiger partial charge >= 0.3 is 0 Å². The van der Waals surface area contributed by atoms with Crippen molar-refractivity contribution in [2.24, 2.45) is 0 Å². The molecular weight excluding hydrogens is 178 g/mol. The fourth-order valence-electron chi connectivity index (χ4n) is 1.11. The van der Waals surface area contributed by atoms with E-state index >= 15 is 0 Å². The number of hydrogen-bond acceptors (Lipinski definition) is 4. The van der Waals surface area contributed by atoms with Gasteiger partial charge in [0.2, 0.25) is 0 Å². The van der Waals surface area contributed by atoms with Crippen LogP contribution in [0.1, 0.15) is 0 Å². The van der Waals surface area contributed by atoms with Gasteiger partial charge in [0.1, 0.15) is 0 Å². The van der Waals surface area contributed by atoms with Crippen LogP contribution in [0.2, 0.25) is 0 Å². The first-order valence-electron chi connectivity index (χ1n) is 4.14. The number of anilines is 1. The molecule has 0 amide bonds. The summed E-state index contributed by atoms with van der Waals surface area (Å²) in [5.41, 5.74) is 6.33. The van der Waals surface area contributed by atoms with E-state index in [1.165, 1.54) is 6.20 Å². The Labute approximate surface area is 81.1 Å². The zero-order valence-corrected chi connectivity index (χ0v) is 7.38. The molecule has 0 radical (unpaired) electrons. The van der Waals surface area contributed by atoms with Crippen LogP contribution < -0.4 is 5.73 Å². The Bertz CT molecular complexity index is 442. The van der Waals surface area contributed by atoms with Gasteiger partial charge in [0, 0.05) is 5.56 Å². The van der Waals surface area contributed by atoms with Crippen molar-refractivity contribution in [3.63, 3.8) is 0 Å². The fourth-order valence-corrected chi connectivity index (χ4v) is 1.11. The molecule has 0 fully saturated rings. The van der Waals surface area contributed by atoms with E-state index in [1.807, 2.05) is 30.3 Å². The Morgan fingerprint density at radius 2 is 1.86 bits per heavy atom. The van der Waals surface area contributed by atoms with Crippen molar-refractivity contribution in [3.8, 4) is 17.1 Å². The van der Waals surface area contributed by atoms with E-state index in [0.717, 1.165) is 5.56 Å². The maximum atomic E-state index is 9.14. The Balaban J connectivity index is 2.48. The summed E-state index contributed by atoms with van der Waals surface area (Å²) in [6, 6.07) is 9.45. The van der Waals surface area contributed by atoms with Crippen LogP contribution in [0.4, 0.5) is 5.82 Å². The van der Waals surface area contributed by atoms with Gasteiger partial charge in [0.05, 0.1) is 6.20 Å². The molecule has 14 heavy (non-hydrogen) atoms. The van der Waals surface area contributed by atoms with Crippen LogP contribution in [0, 0.1) is 0 Å². The van der Waals surface area contributed by atoms with E-state index in [4.69, 9.17) is 10.8 Å². The van der Waals surface area contributed by atoms with Gasteiger partial charge in [-0.25, -0.2) is 9.97 Å². The van der Waals surface area contributed by atoms with Crippen molar-refractivity contribution in [1.82, 2.24) is 9.97 Å². The Morgan fingerprint density at radius 3 is 2.50 bits per heavy atom. The number of benzene rings is 1. The molecular formula is C10H9N3O. The van der Waals surface area contributed by atoms with E-state index in [1.54, 1.807) is 0 Å². The molecule has 0 spiro atoms. The minimum absolute atomic E-state index is 0.0929. The fraction of sp³-hybridized carbons (Fsp3) is 0. The van der Waals surface area contributed by atoms with Gasteiger partial charge in [-0.2, -0.15) is 0 Å². The van der Waals surface area contributed by atoms with Gasteiger partial charge < -0.3 is 10.8 Å². The van der Waals surface area contributed by atoms with Gasteiger partial charge in [0.25, 0.3) is 0 Å². The van der Waals surface area contributed by atoms with Gasteiger partial charge in [-0.1, -0.05) is 30.3 Å². The van der Waals surface area contributed by atoms with E-state index < -0.39 is 0 Å². The van der Waals surface area contributed by atoms with E-state index in [2.05, 4.69) is 9.97 Å². The maximum absolute atomic E-state index is 9.14. The predicted molar refractivity (Wildman–Crippen MR) is 53.5 cm³/mol. The van der Waals surface area contributed by atoms with Crippen molar-refractivity contribution >= 4 is 5.82 Å². The summed E-state index contributed by atoms with van der Waals surface area (Å²) in [7, 11) is 0. The van der Waals surface area contributed by atoms with Gasteiger partial charge in [-0.15, -0.1) is 0 Å². The smallest absolute Gasteiger partial charge is 0.176 e. The molecule has 0 unspecified atom stereocenters. The lowest BCUT2D eigenvalue weighted by molar-refractivity contribution is 0.473. The number of nitrogens with zero attached hydrogens (tertiary/aromatic N) is 2. The molecule has 0 aliphatic rings. The Kier molecular flexibility index (Phi) is 2.02. The molecule has 2 rings (SSSR count). The van der Waals surface area contributed by atoms with Gasteiger partial charge in [-0.3, -0.25) is 0 Å². The van der Waals surface area contributed by atoms with Crippen LogP contribution in [0.25, 0.3) is 11.4 Å². The molecule has 2 aromatic rings. The minimum Gasteiger partial charge on any atom is -0.503 e. The molecule has 3 N–H and O–H groups in total. The molecule has 1 aromatic carbocycles. The third kappa shape index (κ3) is 1.50. The first-order chi connectivity index (χ1) is 6.77. The molecule has 1 aromatic heterocycles. The summed E-state index contributed by atoms with van der Waals surface area (Å²) in [5.74, 6) is 0.518. The van der Waals surface area contributed by atoms with Crippen molar-refractivity contribution in [2.45, 2.75) is 0 Å². The summed E-state index contributed by atoms with van der Waals surface area (Å²) in [6.45, 7) is 0. The van der Waals surface area contributed by atoms with Gasteiger partial charge in [-0.05, 0) is 0 Å². The quantitative estimate of drug-likeness (QED) is 0.708. The average Bonchev–Trinajstić information content (AvgIpc) is 2.23. The average molecular weight is 187 g/mol. The second-order valence-corrected chi connectivity index (χ2v) is 2.83. The lowest BCUT2D eigenvalue weighted by atomic mass is 10.2. The SMILES string of the molecule is Nc1nc(-c2ccccc2)ncc1O. The van der Waals surface area contributed by atoms with Crippen LogP contribution in [0.3, 0.4) is 0 Å². The largest absolute Gasteiger partial charge is 0.503 e. The number of aromatic hydroxyl groups is 1. The molecule has 0 atom stereocenters. The number of nitrogens with two attached hydrogens (primary N) is 1. The van der Waals surface area contributed by atoms with Crippen LogP contribution in [-0.2, 0) is 0 Å². The normalized spacial score (nSPS) is 10.0. The Hall–Kier alpha value is -2.10. The predicted octanol–water partition coefficient (Wildman–Crippen LogP) is 1.43. The van der Waals surface area contributed by atoms with E-state index in [0.29, 0.717) is 5.82 Å². The summed E-state index contributed by atoms with van der Waals surface area (Å²) in [5, 5.41) is 9.14. The molecule has 0 saturated heterocycles. The number of rotatable bonds is 1. The molecule has 0 bridgehead atoms. The van der Waals surface area contributed by atoms with Crippen molar-refractivity contribution < 1.29 is 5.11 Å². The third-order valence-corrected chi connectivity index (χ3v) is 1.83. The summed E-state index contributed by atoms with van der Waals surface area (Å²) in [6.07, 6.45) is 1.30. The second-order valence-electron chi connectivity index (χ2n) is 2.83. The molecule has 70 valence electrons. The molecule has 4 nitrogen and oxygen atoms in total. The molecule has 1 heterocycles. The zero-order valence-electron chi connectivity index (χ0n) is 7.38. The highest BCUT2D eigenvalue weighted by Crippen LogP contribution is 2.20. The highest BCUT2D eigenvalue weighted by atomic mass is 16.3. The first kappa shape index (κ1) is 8.50. The monoisotopic (exact) mass is 187 g/mol. The molecule has 4 heteroatoms. The van der Waals surface area contributed by atoms with Crippen LogP contribution in [-0.4, -0.2) is 15.1 Å².